The molecule has 0 aliphatic carbocycles. The molecule has 0 saturated heterocycles. The van der Waals surface area contributed by atoms with E-state index in [4.69, 9.17) is 23.2 Å². The molecule has 2 aromatic rings. The maximum absolute atomic E-state index is 13.1. The fourth-order valence-electron chi connectivity index (χ4n) is 2.50. The Hall–Kier alpha value is -2.11. The summed E-state index contributed by atoms with van der Waals surface area (Å²) in [6.07, 6.45) is 0.0484. The Morgan fingerprint density at radius 2 is 1.81 bits per heavy atom. The van der Waals surface area contributed by atoms with Gasteiger partial charge in [-0.25, -0.2) is 4.39 Å². The zero-order valence-corrected chi connectivity index (χ0v) is 15.9. The molecule has 0 aromatic heterocycles. The van der Waals surface area contributed by atoms with Crippen LogP contribution < -0.4 is 5.32 Å². The van der Waals surface area contributed by atoms with Crippen molar-refractivity contribution < 1.29 is 14.0 Å². The first-order valence-electron chi connectivity index (χ1n) is 8.01. The van der Waals surface area contributed by atoms with Crippen LogP contribution in [0.2, 0.25) is 10.0 Å². The summed E-state index contributed by atoms with van der Waals surface area (Å²) in [6, 6.07) is 9.98. The third-order valence-electron chi connectivity index (χ3n) is 4.04. The van der Waals surface area contributed by atoms with Crippen LogP contribution >= 0.6 is 23.2 Å². The molecule has 0 heterocycles. The van der Waals surface area contributed by atoms with Gasteiger partial charge in [0.05, 0.1) is 6.42 Å². The van der Waals surface area contributed by atoms with Crippen LogP contribution in [0.1, 0.15) is 18.1 Å². The molecule has 0 saturated carbocycles. The standard InChI is InChI=1S/C19H19Cl2FN2O2/c1-12(19(26)23-2)24(11-14-5-6-15(20)10-17(14)21)18(25)9-13-3-7-16(22)8-4-13/h3-8,10,12H,9,11H2,1-2H3,(H,23,26). The summed E-state index contributed by atoms with van der Waals surface area (Å²) < 4.78 is 13.1. The molecular formula is C19H19Cl2FN2O2. The van der Waals surface area contributed by atoms with E-state index in [1.54, 1.807) is 37.3 Å². The second-order valence-corrected chi connectivity index (χ2v) is 6.69. The van der Waals surface area contributed by atoms with Gasteiger partial charge in [-0.1, -0.05) is 41.4 Å². The van der Waals surface area contributed by atoms with E-state index >= 15 is 0 Å². The molecule has 2 amide bonds. The second-order valence-electron chi connectivity index (χ2n) is 5.85. The number of carbonyl (C=O) groups is 2. The predicted octanol–water partition coefficient (Wildman–Crippen LogP) is 3.84. The molecule has 2 aromatic carbocycles. The average Bonchev–Trinajstić information content (AvgIpc) is 2.61. The number of benzene rings is 2. The van der Waals surface area contributed by atoms with Crippen molar-refractivity contribution in [3.8, 4) is 0 Å². The van der Waals surface area contributed by atoms with Crippen LogP contribution in [0.15, 0.2) is 42.5 Å². The van der Waals surface area contributed by atoms with Gasteiger partial charge in [-0.2, -0.15) is 0 Å². The number of likely N-dealkylation sites (N-methyl/N-ethyl adjacent to an activating group) is 1. The zero-order chi connectivity index (χ0) is 19.3. The van der Waals surface area contributed by atoms with Gasteiger partial charge in [-0.05, 0) is 42.3 Å². The van der Waals surface area contributed by atoms with E-state index in [-0.39, 0.29) is 30.6 Å². The summed E-state index contributed by atoms with van der Waals surface area (Å²) in [7, 11) is 1.51. The van der Waals surface area contributed by atoms with Gasteiger partial charge in [0.1, 0.15) is 11.9 Å². The van der Waals surface area contributed by atoms with Crippen molar-refractivity contribution in [1.82, 2.24) is 10.2 Å². The Labute approximate surface area is 161 Å². The fraction of sp³-hybridized carbons (Fsp3) is 0.263. The molecule has 0 spiro atoms. The molecule has 0 bridgehead atoms. The Bertz CT molecular complexity index is 797. The number of amides is 2. The second kappa shape index (κ2) is 9.01. The molecular weight excluding hydrogens is 378 g/mol. The molecule has 0 aliphatic rings. The molecule has 4 nitrogen and oxygen atoms in total. The molecule has 1 atom stereocenters. The number of carbonyl (C=O) groups excluding carboxylic acids is 2. The highest BCUT2D eigenvalue weighted by atomic mass is 35.5. The van der Waals surface area contributed by atoms with Gasteiger partial charge in [-0.3, -0.25) is 9.59 Å². The smallest absolute Gasteiger partial charge is 0.242 e. The first-order chi connectivity index (χ1) is 12.3. The van der Waals surface area contributed by atoms with E-state index in [2.05, 4.69) is 5.32 Å². The number of nitrogens with zero attached hydrogens (tertiary/aromatic N) is 1. The molecule has 1 N–H and O–H groups in total. The molecule has 0 radical (unpaired) electrons. The Balaban J connectivity index is 2.26. The largest absolute Gasteiger partial charge is 0.357 e. The van der Waals surface area contributed by atoms with Gasteiger partial charge in [0.15, 0.2) is 0 Å². The molecule has 1 unspecified atom stereocenters. The number of rotatable bonds is 6. The number of halogens is 3. The van der Waals surface area contributed by atoms with Crippen molar-refractivity contribution in [2.75, 3.05) is 7.05 Å². The van der Waals surface area contributed by atoms with Crippen molar-refractivity contribution in [2.24, 2.45) is 0 Å². The van der Waals surface area contributed by atoms with Crippen LogP contribution in [-0.4, -0.2) is 29.8 Å². The summed E-state index contributed by atoms with van der Waals surface area (Å²) in [4.78, 5) is 26.3. The minimum absolute atomic E-state index is 0.0484. The van der Waals surface area contributed by atoms with Crippen LogP contribution in [0.5, 0.6) is 0 Å². The molecule has 0 fully saturated rings. The maximum Gasteiger partial charge on any atom is 0.242 e. The predicted molar refractivity (Wildman–Crippen MR) is 101 cm³/mol. The van der Waals surface area contributed by atoms with Crippen LogP contribution in [0.25, 0.3) is 0 Å². The Morgan fingerprint density at radius 3 is 2.38 bits per heavy atom. The van der Waals surface area contributed by atoms with Gasteiger partial charge in [0, 0.05) is 23.6 Å². The van der Waals surface area contributed by atoms with Crippen molar-refractivity contribution in [3.63, 3.8) is 0 Å². The van der Waals surface area contributed by atoms with Gasteiger partial charge >= 0.3 is 0 Å². The molecule has 7 heteroatoms. The quantitative estimate of drug-likeness (QED) is 0.806. The summed E-state index contributed by atoms with van der Waals surface area (Å²) >= 11 is 12.1. The molecule has 138 valence electrons. The van der Waals surface area contributed by atoms with Crippen molar-refractivity contribution >= 4 is 35.0 Å². The summed E-state index contributed by atoms with van der Waals surface area (Å²) in [5.41, 5.74) is 1.34. The SMILES string of the molecule is CNC(=O)C(C)N(Cc1ccc(Cl)cc1Cl)C(=O)Cc1ccc(F)cc1. The lowest BCUT2D eigenvalue weighted by molar-refractivity contribution is -0.139. The van der Waals surface area contributed by atoms with Crippen molar-refractivity contribution in [1.29, 1.82) is 0 Å². The Morgan fingerprint density at radius 1 is 1.15 bits per heavy atom. The molecule has 0 aliphatic heterocycles. The van der Waals surface area contributed by atoms with Gasteiger partial charge < -0.3 is 10.2 Å². The zero-order valence-electron chi connectivity index (χ0n) is 14.4. The van der Waals surface area contributed by atoms with Crippen LogP contribution in [0, 0.1) is 5.82 Å². The lowest BCUT2D eigenvalue weighted by Crippen LogP contribution is -2.47. The minimum atomic E-state index is -0.695. The summed E-state index contributed by atoms with van der Waals surface area (Å²) in [6.45, 7) is 1.80. The highest BCUT2D eigenvalue weighted by Crippen LogP contribution is 2.23. The van der Waals surface area contributed by atoms with E-state index in [1.807, 2.05) is 0 Å². The lowest BCUT2D eigenvalue weighted by atomic mass is 10.1. The van der Waals surface area contributed by atoms with Crippen LogP contribution in [0.3, 0.4) is 0 Å². The average molecular weight is 397 g/mol. The minimum Gasteiger partial charge on any atom is -0.357 e. The number of hydrogen-bond acceptors (Lipinski definition) is 2. The van der Waals surface area contributed by atoms with Gasteiger partial charge in [0.2, 0.25) is 11.8 Å². The van der Waals surface area contributed by atoms with E-state index in [0.717, 1.165) is 0 Å². The van der Waals surface area contributed by atoms with E-state index in [1.165, 1.54) is 24.1 Å². The first-order valence-corrected chi connectivity index (χ1v) is 8.77. The first kappa shape index (κ1) is 20.2. The number of nitrogens with one attached hydrogen (secondary N) is 1. The van der Waals surface area contributed by atoms with Crippen molar-refractivity contribution in [2.45, 2.75) is 25.9 Å². The maximum atomic E-state index is 13.1. The van der Waals surface area contributed by atoms with Crippen LogP contribution in [-0.2, 0) is 22.6 Å². The van der Waals surface area contributed by atoms with Crippen LogP contribution in [0.4, 0.5) is 4.39 Å². The highest BCUT2D eigenvalue weighted by Gasteiger charge is 2.26. The molecule has 26 heavy (non-hydrogen) atoms. The third kappa shape index (κ3) is 5.19. The van der Waals surface area contributed by atoms with Gasteiger partial charge in [0.25, 0.3) is 0 Å². The lowest BCUT2D eigenvalue weighted by Gasteiger charge is -2.29. The normalized spacial score (nSPS) is 11.7. The van der Waals surface area contributed by atoms with E-state index in [9.17, 15) is 14.0 Å². The summed E-state index contributed by atoms with van der Waals surface area (Å²) in [5.74, 6) is -0.925. The molecule has 2 rings (SSSR count). The van der Waals surface area contributed by atoms with Crippen molar-refractivity contribution in [3.05, 3.63) is 69.5 Å². The fourth-order valence-corrected chi connectivity index (χ4v) is 2.97. The monoisotopic (exact) mass is 396 g/mol. The third-order valence-corrected chi connectivity index (χ3v) is 4.63. The summed E-state index contributed by atoms with van der Waals surface area (Å²) in [5, 5.41) is 3.45. The van der Waals surface area contributed by atoms with E-state index < -0.39 is 6.04 Å². The highest BCUT2D eigenvalue weighted by molar-refractivity contribution is 6.35. The van der Waals surface area contributed by atoms with E-state index in [0.29, 0.717) is 21.2 Å². The number of hydrogen-bond donors (Lipinski definition) is 1. The van der Waals surface area contributed by atoms with Gasteiger partial charge in [-0.15, -0.1) is 0 Å². The topological polar surface area (TPSA) is 49.4 Å². The Kier molecular flexibility index (Phi) is 7.00.